The van der Waals surface area contributed by atoms with Crippen molar-refractivity contribution in [2.24, 2.45) is 0 Å². The Bertz CT molecular complexity index is 505. The number of hydrogen-bond acceptors (Lipinski definition) is 5. The minimum absolute atomic E-state index is 0.0221. The lowest BCUT2D eigenvalue weighted by atomic mass is 10.0. The van der Waals surface area contributed by atoms with Crippen LogP contribution in [0.25, 0.3) is 0 Å². The molecule has 1 atom stereocenters. The molecule has 0 radical (unpaired) electrons. The minimum Gasteiger partial charge on any atom is -0.381 e. The zero-order valence-electron chi connectivity index (χ0n) is 14.1. The van der Waals surface area contributed by atoms with E-state index in [9.17, 15) is 13.2 Å². The van der Waals surface area contributed by atoms with E-state index in [-0.39, 0.29) is 24.6 Å². The molecule has 0 saturated carbocycles. The van der Waals surface area contributed by atoms with Crippen LogP contribution in [0.15, 0.2) is 0 Å². The van der Waals surface area contributed by atoms with E-state index >= 15 is 0 Å². The van der Waals surface area contributed by atoms with Crippen LogP contribution in [0.5, 0.6) is 0 Å². The number of nitrogens with zero attached hydrogens (tertiary/aromatic N) is 3. The second kappa shape index (κ2) is 7.89. The Balaban J connectivity index is 2.12. The van der Waals surface area contributed by atoms with Gasteiger partial charge in [0.15, 0.2) is 0 Å². The molecular formula is C14H27N3O5S. The fourth-order valence-corrected chi connectivity index (χ4v) is 4.40. The first-order chi connectivity index (χ1) is 10.9. The zero-order chi connectivity index (χ0) is 17.0. The Kier molecular flexibility index (Phi) is 6.38. The Hall–Kier alpha value is -0.740. The maximum atomic E-state index is 12.5. The number of carbonyl (C=O) groups excluding carboxylic acids is 1. The lowest BCUT2D eigenvalue weighted by molar-refractivity contribution is -0.142. The standard InChI is InChI=1S/C14H27N3O5S/c1-15(2)23(19,20)16-7-4-13(10-16)17(14(18)11-21-3)12-5-8-22-9-6-12/h12-13H,4-11H2,1-3H3. The van der Waals surface area contributed by atoms with Crippen LogP contribution in [0.4, 0.5) is 0 Å². The summed E-state index contributed by atoms with van der Waals surface area (Å²) >= 11 is 0. The van der Waals surface area contributed by atoms with Gasteiger partial charge in [0.1, 0.15) is 6.61 Å². The van der Waals surface area contributed by atoms with Gasteiger partial charge >= 0.3 is 0 Å². The number of rotatable bonds is 6. The van der Waals surface area contributed by atoms with Crippen molar-refractivity contribution in [1.29, 1.82) is 0 Å². The van der Waals surface area contributed by atoms with Gasteiger partial charge in [0.25, 0.3) is 10.2 Å². The van der Waals surface area contributed by atoms with Crippen LogP contribution in [-0.4, -0.2) is 94.0 Å². The summed E-state index contributed by atoms with van der Waals surface area (Å²) in [6, 6.07) is -0.00566. The molecule has 0 aromatic carbocycles. The van der Waals surface area contributed by atoms with E-state index in [4.69, 9.17) is 9.47 Å². The van der Waals surface area contributed by atoms with Gasteiger partial charge in [-0.25, -0.2) is 0 Å². The van der Waals surface area contributed by atoms with Gasteiger partial charge in [0.2, 0.25) is 5.91 Å². The third-order valence-corrected chi connectivity index (χ3v) is 6.35. The molecule has 23 heavy (non-hydrogen) atoms. The molecule has 0 bridgehead atoms. The fraction of sp³-hybridized carbons (Fsp3) is 0.929. The maximum absolute atomic E-state index is 12.5. The van der Waals surface area contributed by atoms with Crippen LogP contribution in [0, 0.1) is 0 Å². The predicted molar refractivity (Wildman–Crippen MR) is 85.1 cm³/mol. The minimum atomic E-state index is -3.44. The second-order valence-corrected chi connectivity index (χ2v) is 8.31. The van der Waals surface area contributed by atoms with Gasteiger partial charge in [-0.2, -0.15) is 17.0 Å². The average Bonchev–Trinajstić information content (AvgIpc) is 2.99. The molecule has 0 aromatic rings. The van der Waals surface area contributed by atoms with E-state index in [2.05, 4.69) is 0 Å². The van der Waals surface area contributed by atoms with Crippen LogP contribution in [0.3, 0.4) is 0 Å². The van der Waals surface area contributed by atoms with E-state index in [1.165, 1.54) is 29.8 Å². The normalized spacial score (nSPS) is 24.3. The summed E-state index contributed by atoms with van der Waals surface area (Å²) in [4.78, 5) is 14.3. The highest BCUT2D eigenvalue weighted by atomic mass is 32.2. The molecule has 0 N–H and O–H groups in total. The fourth-order valence-electron chi connectivity index (χ4n) is 3.24. The van der Waals surface area contributed by atoms with Crippen LogP contribution in [0.2, 0.25) is 0 Å². The molecule has 1 unspecified atom stereocenters. The number of methoxy groups -OCH3 is 1. The van der Waals surface area contributed by atoms with Gasteiger partial charge < -0.3 is 14.4 Å². The first-order valence-electron chi connectivity index (χ1n) is 7.93. The number of ether oxygens (including phenoxy) is 2. The third kappa shape index (κ3) is 4.21. The van der Waals surface area contributed by atoms with E-state index in [1.54, 1.807) is 0 Å². The molecule has 8 nitrogen and oxygen atoms in total. The number of carbonyl (C=O) groups is 1. The van der Waals surface area contributed by atoms with Crippen molar-refractivity contribution >= 4 is 16.1 Å². The molecule has 0 spiro atoms. The van der Waals surface area contributed by atoms with Gasteiger partial charge in [-0.15, -0.1) is 0 Å². The van der Waals surface area contributed by atoms with Crippen molar-refractivity contribution < 1.29 is 22.7 Å². The lowest BCUT2D eigenvalue weighted by Gasteiger charge is -2.38. The lowest BCUT2D eigenvalue weighted by Crippen LogP contribution is -2.52. The molecule has 1 amide bonds. The summed E-state index contributed by atoms with van der Waals surface area (Å²) in [6.45, 7) is 2.06. The van der Waals surface area contributed by atoms with E-state index in [0.717, 1.165) is 12.8 Å². The molecule has 2 heterocycles. The van der Waals surface area contributed by atoms with E-state index < -0.39 is 10.2 Å². The van der Waals surface area contributed by atoms with Crippen LogP contribution in [0.1, 0.15) is 19.3 Å². The van der Waals surface area contributed by atoms with E-state index in [1.807, 2.05) is 4.90 Å². The van der Waals surface area contributed by atoms with Crippen LogP contribution < -0.4 is 0 Å². The molecular weight excluding hydrogens is 322 g/mol. The summed E-state index contributed by atoms with van der Waals surface area (Å²) < 4.78 is 37.6. The smallest absolute Gasteiger partial charge is 0.281 e. The average molecular weight is 349 g/mol. The second-order valence-electron chi connectivity index (χ2n) is 6.17. The highest BCUT2D eigenvalue weighted by Crippen LogP contribution is 2.25. The van der Waals surface area contributed by atoms with Crippen molar-refractivity contribution in [3.05, 3.63) is 0 Å². The molecule has 2 aliphatic rings. The Labute approximate surface area is 138 Å². The molecule has 134 valence electrons. The molecule has 2 fully saturated rings. The summed E-state index contributed by atoms with van der Waals surface area (Å²) in [7, 11) is 1.10. The number of amides is 1. The Morgan fingerprint density at radius 1 is 1.22 bits per heavy atom. The van der Waals surface area contributed by atoms with E-state index in [0.29, 0.717) is 32.7 Å². The van der Waals surface area contributed by atoms with Gasteiger partial charge in [-0.3, -0.25) is 4.79 Å². The summed E-state index contributed by atoms with van der Waals surface area (Å²) in [5.41, 5.74) is 0. The molecule has 0 aromatic heterocycles. The largest absolute Gasteiger partial charge is 0.381 e. The first-order valence-corrected chi connectivity index (χ1v) is 9.33. The third-order valence-electron chi connectivity index (χ3n) is 4.45. The Morgan fingerprint density at radius 2 is 1.87 bits per heavy atom. The van der Waals surface area contributed by atoms with Crippen molar-refractivity contribution in [2.45, 2.75) is 31.3 Å². The highest BCUT2D eigenvalue weighted by Gasteiger charge is 2.39. The molecule has 2 saturated heterocycles. The van der Waals surface area contributed by atoms with Crippen molar-refractivity contribution in [3.63, 3.8) is 0 Å². The SMILES string of the molecule is COCC(=O)N(C1CCOCC1)C1CCN(S(=O)(=O)N(C)C)C1. The molecule has 9 heteroatoms. The van der Waals surface area contributed by atoms with Crippen LogP contribution >= 0.6 is 0 Å². The molecule has 2 rings (SSSR count). The van der Waals surface area contributed by atoms with Gasteiger partial charge in [-0.1, -0.05) is 0 Å². The van der Waals surface area contributed by atoms with Gasteiger partial charge in [0.05, 0.1) is 0 Å². The maximum Gasteiger partial charge on any atom is 0.281 e. The van der Waals surface area contributed by atoms with Gasteiger partial charge in [0, 0.05) is 59.6 Å². The highest BCUT2D eigenvalue weighted by molar-refractivity contribution is 7.86. The molecule has 0 aliphatic carbocycles. The Morgan fingerprint density at radius 3 is 2.43 bits per heavy atom. The van der Waals surface area contributed by atoms with Crippen molar-refractivity contribution in [3.8, 4) is 0 Å². The van der Waals surface area contributed by atoms with Gasteiger partial charge in [-0.05, 0) is 19.3 Å². The summed E-state index contributed by atoms with van der Waals surface area (Å²) in [5, 5.41) is 0. The quantitative estimate of drug-likeness (QED) is 0.647. The zero-order valence-corrected chi connectivity index (χ0v) is 14.9. The summed E-state index contributed by atoms with van der Waals surface area (Å²) in [6.07, 6.45) is 2.22. The molecule has 2 aliphatic heterocycles. The predicted octanol–water partition coefficient (Wildman–Crippen LogP) is -0.479. The number of hydrogen-bond donors (Lipinski definition) is 0. The van der Waals surface area contributed by atoms with Crippen molar-refractivity contribution in [2.75, 3.05) is 54.1 Å². The van der Waals surface area contributed by atoms with Crippen molar-refractivity contribution in [1.82, 2.24) is 13.5 Å². The topological polar surface area (TPSA) is 79.4 Å². The summed E-state index contributed by atoms with van der Waals surface area (Å²) in [5.74, 6) is -0.0755. The first kappa shape index (κ1) is 18.6. The monoisotopic (exact) mass is 349 g/mol. The van der Waals surface area contributed by atoms with Crippen LogP contribution in [-0.2, 0) is 24.5 Å².